The summed E-state index contributed by atoms with van der Waals surface area (Å²) >= 11 is 0. The number of ether oxygens (including phenoxy) is 1. The van der Waals surface area contributed by atoms with Crippen molar-refractivity contribution >= 4 is 5.91 Å². The Labute approximate surface area is 108 Å². The topological polar surface area (TPSA) is 90.8 Å². The van der Waals surface area contributed by atoms with Gasteiger partial charge in [-0.15, -0.1) is 0 Å². The Kier molecular flexibility index (Phi) is 6.56. The van der Waals surface area contributed by atoms with E-state index in [9.17, 15) is 4.79 Å². The van der Waals surface area contributed by atoms with Gasteiger partial charge in [-0.3, -0.25) is 4.79 Å². The van der Waals surface area contributed by atoms with E-state index in [1.807, 2.05) is 0 Å². The van der Waals surface area contributed by atoms with Crippen molar-refractivity contribution in [3.8, 4) is 0 Å². The smallest absolute Gasteiger partial charge is 0.222 e. The molecule has 0 radical (unpaired) electrons. The van der Waals surface area contributed by atoms with E-state index in [0.717, 1.165) is 25.9 Å². The number of rotatable bonds is 7. The second-order valence-corrected chi connectivity index (χ2v) is 5.00. The zero-order valence-electron chi connectivity index (χ0n) is 10.9. The van der Waals surface area contributed by atoms with Crippen molar-refractivity contribution < 1.29 is 19.7 Å². The zero-order chi connectivity index (χ0) is 13.4. The summed E-state index contributed by atoms with van der Waals surface area (Å²) in [5.74, 6) is -0.213. The van der Waals surface area contributed by atoms with E-state index >= 15 is 0 Å². The maximum absolute atomic E-state index is 11.6. The molecule has 0 spiro atoms. The van der Waals surface area contributed by atoms with Gasteiger partial charge in [-0.25, -0.2) is 0 Å². The third-order valence-corrected chi connectivity index (χ3v) is 3.11. The summed E-state index contributed by atoms with van der Waals surface area (Å²) in [5, 5.41) is 23.9. The first kappa shape index (κ1) is 15.4. The average Bonchev–Trinajstić information content (AvgIpc) is 2.40. The molecule has 0 unspecified atom stereocenters. The van der Waals surface area contributed by atoms with Crippen molar-refractivity contribution in [2.24, 2.45) is 0 Å². The molecule has 4 N–H and O–H groups in total. The molecule has 0 aliphatic carbocycles. The van der Waals surface area contributed by atoms with Gasteiger partial charge >= 0.3 is 0 Å². The molecule has 1 aliphatic heterocycles. The highest BCUT2D eigenvalue weighted by Crippen LogP contribution is 2.08. The Morgan fingerprint density at radius 2 is 2.00 bits per heavy atom. The fraction of sp³-hybridized carbons (Fsp3) is 0.917. The van der Waals surface area contributed by atoms with Crippen LogP contribution in [0.5, 0.6) is 0 Å². The third kappa shape index (κ3) is 5.30. The van der Waals surface area contributed by atoms with E-state index in [1.165, 1.54) is 0 Å². The van der Waals surface area contributed by atoms with E-state index in [1.54, 1.807) is 6.92 Å². The summed E-state index contributed by atoms with van der Waals surface area (Å²) in [6.07, 6.45) is 2.44. The van der Waals surface area contributed by atoms with Crippen LogP contribution in [0.15, 0.2) is 0 Å². The molecule has 0 aromatic carbocycles. The molecule has 0 saturated carbocycles. The molecule has 0 aromatic rings. The van der Waals surface area contributed by atoms with Crippen molar-refractivity contribution in [2.75, 3.05) is 32.9 Å². The number of carbonyl (C=O) groups is 1. The minimum absolute atomic E-state index is 0.213. The van der Waals surface area contributed by atoms with Crippen LogP contribution in [0, 0.1) is 0 Å². The second kappa shape index (κ2) is 7.68. The third-order valence-electron chi connectivity index (χ3n) is 3.11. The lowest BCUT2D eigenvalue weighted by Gasteiger charge is -2.26. The first-order valence-electron chi connectivity index (χ1n) is 6.45. The van der Waals surface area contributed by atoms with Gasteiger partial charge in [-0.1, -0.05) is 0 Å². The number of hydrogen-bond donors (Lipinski definition) is 4. The quantitative estimate of drug-likeness (QED) is 0.471. The number of nitrogens with one attached hydrogen (secondary N) is 2. The normalized spacial score (nSPS) is 17.7. The molecule has 106 valence electrons. The van der Waals surface area contributed by atoms with Crippen LogP contribution in [0.25, 0.3) is 0 Å². The molecular weight excluding hydrogens is 236 g/mol. The van der Waals surface area contributed by atoms with E-state index in [2.05, 4.69) is 10.6 Å². The number of aliphatic hydroxyl groups excluding tert-OH is 2. The van der Waals surface area contributed by atoms with Gasteiger partial charge in [0.05, 0.1) is 31.5 Å². The first-order valence-corrected chi connectivity index (χ1v) is 6.45. The number of aliphatic hydroxyl groups is 2. The van der Waals surface area contributed by atoms with Gasteiger partial charge < -0.3 is 25.6 Å². The van der Waals surface area contributed by atoms with Crippen molar-refractivity contribution in [2.45, 2.75) is 37.8 Å². The fourth-order valence-corrected chi connectivity index (χ4v) is 1.81. The fourth-order valence-electron chi connectivity index (χ4n) is 1.81. The van der Waals surface area contributed by atoms with Gasteiger partial charge in [0.1, 0.15) is 0 Å². The van der Waals surface area contributed by atoms with Crippen LogP contribution in [0.4, 0.5) is 0 Å². The zero-order valence-corrected chi connectivity index (χ0v) is 10.9. The highest BCUT2D eigenvalue weighted by molar-refractivity contribution is 5.76. The van der Waals surface area contributed by atoms with Crippen LogP contribution >= 0.6 is 0 Å². The van der Waals surface area contributed by atoms with E-state index in [0.29, 0.717) is 6.61 Å². The maximum atomic E-state index is 11.6. The van der Waals surface area contributed by atoms with Gasteiger partial charge in [0, 0.05) is 6.42 Å². The van der Waals surface area contributed by atoms with E-state index in [4.69, 9.17) is 14.9 Å². The van der Waals surface area contributed by atoms with Gasteiger partial charge in [0.2, 0.25) is 5.91 Å². The highest BCUT2D eigenvalue weighted by Gasteiger charge is 2.24. The molecule has 6 nitrogen and oxygen atoms in total. The molecule has 1 aliphatic rings. The summed E-state index contributed by atoms with van der Waals surface area (Å²) in [6.45, 7) is 3.32. The van der Waals surface area contributed by atoms with Gasteiger partial charge in [-0.05, 0) is 32.9 Å². The second-order valence-electron chi connectivity index (χ2n) is 5.00. The van der Waals surface area contributed by atoms with Crippen LogP contribution in [0.2, 0.25) is 0 Å². The molecular formula is C12H24N2O4. The van der Waals surface area contributed by atoms with Crippen LogP contribution in [0.3, 0.4) is 0 Å². The molecule has 1 heterocycles. The number of amides is 1. The van der Waals surface area contributed by atoms with Crippen LogP contribution in [0.1, 0.15) is 26.2 Å². The van der Waals surface area contributed by atoms with Crippen molar-refractivity contribution in [3.63, 3.8) is 0 Å². The Balaban J connectivity index is 2.16. The minimum atomic E-state index is -0.953. The van der Waals surface area contributed by atoms with E-state index < -0.39 is 5.54 Å². The lowest BCUT2D eigenvalue weighted by Crippen LogP contribution is -2.52. The lowest BCUT2D eigenvalue weighted by atomic mass is 10.1. The van der Waals surface area contributed by atoms with E-state index in [-0.39, 0.29) is 31.6 Å². The van der Waals surface area contributed by atoms with Crippen molar-refractivity contribution in [3.05, 3.63) is 0 Å². The molecule has 18 heavy (non-hydrogen) atoms. The van der Waals surface area contributed by atoms with Gasteiger partial charge in [0.25, 0.3) is 0 Å². The van der Waals surface area contributed by atoms with Crippen molar-refractivity contribution in [1.82, 2.24) is 10.6 Å². The van der Waals surface area contributed by atoms with Gasteiger partial charge in [-0.2, -0.15) is 0 Å². The molecule has 1 saturated heterocycles. The summed E-state index contributed by atoms with van der Waals surface area (Å²) in [7, 11) is 0. The summed E-state index contributed by atoms with van der Waals surface area (Å²) in [4.78, 5) is 11.6. The summed E-state index contributed by atoms with van der Waals surface area (Å²) in [5.41, 5.74) is -0.953. The Morgan fingerprint density at radius 1 is 1.39 bits per heavy atom. The molecule has 1 rings (SSSR count). The van der Waals surface area contributed by atoms with Crippen LogP contribution in [-0.4, -0.2) is 60.7 Å². The average molecular weight is 260 g/mol. The highest BCUT2D eigenvalue weighted by atomic mass is 16.5. The molecule has 6 heteroatoms. The Morgan fingerprint density at radius 3 is 2.56 bits per heavy atom. The summed E-state index contributed by atoms with van der Waals surface area (Å²) < 4.78 is 5.61. The minimum Gasteiger partial charge on any atom is -0.394 e. The Hall–Kier alpha value is -0.690. The molecule has 0 aromatic heterocycles. The van der Waals surface area contributed by atoms with Crippen LogP contribution < -0.4 is 10.6 Å². The number of carbonyl (C=O) groups excluding carboxylic acids is 1. The van der Waals surface area contributed by atoms with Crippen LogP contribution in [-0.2, 0) is 9.53 Å². The molecule has 1 amide bonds. The summed E-state index contributed by atoms with van der Waals surface area (Å²) in [6, 6.07) is 0. The predicted octanol–water partition coefficient (Wildman–Crippen LogP) is -0.995. The van der Waals surface area contributed by atoms with Crippen molar-refractivity contribution in [1.29, 1.82) is 0 Å². The SMILES string of the molecule is CC(CO)(CO)NC(=O)CCOC1CCNCC1. The molecule has 0 bridgehead atoms. The first-order chi connectivity index (χ1) is 8.59. The number of piperidine rings is 1. The lowest BCUT2D eigenvalue weighted by molar-refractivity contribution is -0.125. The largest absolute Gasteiger partial charge is 0.394 e. The van der Waals surface area contributed by atoms with Gasteiger partial charge in [0.15, 0.2) is 0 Å². The Bertz CT molecular complexity index is 250. The monoisotopic (exact) mass is 260 g/mol. The maximum Gasteiger partial charge on any atom is 0.222 e. The number of hydrogen-bond acceptors (Lipinski definition) is 5. The molecule has 0 atom stereocenters. The molecule has 1 fully saturated rings. The predicted molar refractivity (Wildman–Crippen MR) is 67.2 cm³/mol. The standard InChI is InChI=1S/C12H24N2O4/c1-12(8-15,9-16)14-11(17)4-7-18-10-2-5-13-6-3-10/h10,13,15-16H,2-9H2,1H3,(H,14,17).